The molecule has 1 aliphatic heterocycles. The molecule has 2 amide bonds. The van der Waals surface area contributed by atoms with E-state index in [2.05, 4.69) is 15.7 Å². The summed E-state index contributed by atoms with van der Waals surface area (Å²) in [7, 11) is 0. The molecule has 1 saturated heterocycles. The van der Waals surface area contributed by atoms with Crippen LogP contribution in [-0.2, 0) is 4.79 Å². The summed E-state index contributed by atoms with van der Waals surface area (Å²) in [5.41, 5.74) is 7.95. The van der Waals surface area contributed by atoms with Crippen LogP contribution in [0.4, 0.5) is 5.69 Å². The highest BCUT2D eigenvalue weighted by atomic mass is 16.2. The molecule has 0 aliphatic carbocycles. The molecule has 132 valence electrons. The van der Waals surface area contributed by atoms with Crippen molar-refractivity contribution in [3.05, 3.63) is 54.2 Å². The Labute approximate surface area is 150 Å². The number of hydrogen-bond acceptors (Lipinski definition) is 4. The zero-order valence-corrected chi connectivity index (χ0v) is 14.1. The average Bonchev–Trinajstić information content (AvgIpc) is 3.31. The smallest absolute Gasteiger partial charge is 0.250 e. The van der Waals surface area contributed by atoms with Gasteiger partial charge in [0.05, 0.1) is 17.3 Å². The normalized spacial score (nSPS) is 16.7. The van der Waals surface area contributed by atoms with Gasteiger partial charge in [0.1, 0.15) is 5.52 Å². The molecule has 0 spiro atoms. The second kappa shape index (κ2) is 6.61. The van der Waals surface area contributed by atoms with E-state index in [0.29, 0.717) is 11.1 Å². The van der Waals surface area contributed by atoms with Gasteiger partial charge >= 0.3 is 0 Å². The van der Waals surface area contributed by atoms with Crippen molar-refractivity contribution in [2.75, 3.05) is 11.9 Å². The molecule has 4 N–H and O–H groups in total. The number of carbonyl (C=O) groups excluding carboxylic acids is 2. The van der Waals surface area contributed by atoms with Crippen molar-refractivity contribution in [1.29, 1.82) is 0 Å². The zero-order chi connectivity index (χ0) is 18.1. The van der Waals surface area contributed by atoms with Crippen molar-refractivity contribution in [3.63, 3.8) is 0 Å². The highest BCUT2D eigenvalue weighted by Gasteiger charge is 2.21. The van der Waals surface area contributed by atoms with Crippen LogP contribution in [0.25, 0.3) is 16.6 Å². The largest absolute Gasteiger partial charge is 0.366 e. The lowest BCUT2D eigenvalue weighted by Crippen LogP contribution is -2.35. The number of primary amides is 1. The Morgan fingerprint density at radius 2 is 2.00 bits per heavy atom. The quantitative estimate of drug-likeness (QED) is 0.668. The molecule has 0 unspecified atom stereocenters. The molecular formula is C19H19N5O2. The van der Waals surface area contributed by atoms with E-state index >= 15 is 0 Å². The van der Waals surface area contributed by atoms with Crippen molar-refractivity contribution < 1.29 is 9.59 Å². The molecule has 26 heavy (non-hydrogen) atoms. The molecule has 0 radical (unpaired) electrons. The number of fused-ring (bicyclic) bond motifs is 1. The summed E-state index contributed by atoms with van der Waals surface area (Å²) in [5.74, 6) is -0.509. The molecule has 1 fully saturated rings. The summed E-state index contributed by atoms with van der Waals surface area (Å²) < 4.78 is 1.70. The predicted molar refractivity (Wildman–Crippen MR) is 99.2 cm³/mol. The number of amides is 2. The number of nitrogens with one attached hydrogen (secondary N) is 2. The van der Waals surface area contributed by atoms with Crippen molar-refractivity contribution in [2.24, 2.45) is 5.73 Å². The van der Waals surface area contributed by atoms with Crippen molar-refractivity contribution in [3.8, 4) is 5.69 Å². The number of anilines is 1. The van der Waals surface area contributed by atoms with E-state index in [1.54, 1.807) is 16.8 Å². The topological polar surface area (TPSA) is 102 Å². The molecule has 0 bridgehead atoms. The van der Waals surface area contributed by atoms with Crippen LogP contribution in [0.3, 0.4) is 0 Å². The van der Waals surface area contributed by atoms with Gasteiger partial charge in [-0.1, -0.05) is 12.1 Å². The third-order valence-corrected chi connectivity index (χ3v) is 4.58. The van der Waals surface area contributed by atoms with Gasteiger partial charge in [-0.2, -0.15) is 5.10 Å². The van der Waals surface area contributed by atoms with E-state index in [9.17, 15) is 9.59 Å². The summed E-state index contributed by atoms with van der Waals surface area (Å²) in [6.45, 7) is 0.886. The van der Waals surface area contributed by atoms with Crippen LogP contribution >= 0.6 is 0 Å². The van der Waals surface area contributed by atoms with Crippen molar-refractivity contribution in [1.82, 2.24) is 15.1 Å². The zero-order valence-electron chi connectivity index (χ0n) is 14.1. The van der Waals surface area contributed by atoms with Crippen LogP contribution in [0.15, 0.2) is 48.7 Å². The maximum absolute atomic E-state index is 12.2. The van der Waals surface area contributed by atoms with Crippen LogP contribution in [0.5, 0.6) is 0 Å². The Morgan fingerprint density at radius 3 is 2.69 bits per heavy atom. The van der Waals surface area contributed by atoms with Crippen LogP contribution in [0.1, 0.15) is 23.2 Å². The van der Waals surface area contributed by atoms with E-state index in [1.807, 2.05) is 36.5 Å². The minimum Gasteiger partial charge on any atom is -0.366 e. The van der Waals surface area contributed by atoms with Gasteiger partial charge in [-0.3, -0.25) is 9.59 Å². The fraction of sp³-hybridized carbons (Fsp3) is 0.211. The lowest BCUT2D eigenvalue weighted by atomic mass is 10.1. The van der Waals surface area contributed by atoms with Gasteiger partial charge in [0.2, 0.25) is 5.91 Å². The number of aromatic nitrogens is 2. The Balaban J connectivity index is 1.57. The first-order valence-corrected chi connectivity index (χ1v) is 8.55. The van der Waals surface area contributed by atoms with E-state index in [4.69, 9.17) is 5.73 Å². The summed E-state index contributed by atoms with van der Waals surface area (Å²) >= 11 is 0. The second-order valence-corrected chi connectivity index (χ2v) is 6.37. The number of nitrogens with zero attached hydrogens (tertiary/aromatic N) is 2. The van der Waals surface area contributed by atoms with E-state index < -0.39 is 5.91 Å². The Hall–Kier alpha value is -3.19. The number of rotatable bonds is 4. The Bertz CT molecular complexity index is 971. The average molecular weight is 349 g/mol. The third kappa shape index (κ3) is 3.04. The number of hydrogen-bond donors (Lipinski definition) is 3. The first-order valence-electron chi connectivity index (χ1n) is 8.55. The summed E-state index contributed by atoms with van der Waals surface area (Å²) in [6.07, 6.45) is 3.74. The van der Waals surface area contributed by atoms with Crippen molar-refractivity contribution in [2.45, 2.75) is 18.9 Å². The van der Waals surface area contributed by atoms with Crippen LogP contribution in [0.2, 0.25) is 0 Å². The molecule has 2 heterocycles. The SMILES string of the molecule is NC(=O)c1cccc2cn(-c3ccc(NC(=O)[C@@H]4CCCN4)cc3)nc12. The molecule has 3 aromatic rings. The number of carbonyl (C=O) groups is 2. The molecule has 1 aliphatic rings. The van der Waals surface area contributed by atoms with Crippen molar-refractivity contribution >= 4 is 28.4 Å². The maximum Gasteiger partial charge on any atom is 0.250 e. The first kappa shape index (κ1) is 16.3. The number of benzene rings is 2. The third-order valence-electron chi connectivity index (χ3n) is 4.58. The first-order chi connectivity index (χ1) is 12.6. The molecule has 1 atom stereocenters. The molecule has 4 rings (SSSR count). The van der Waals surface area contributed by atoms with Crippen LogP contribution in [-0.4, -0.2) is 34.2 Å². The molecule has 1 aromatic heterocycles. The summed E-state index contributed by atoms with van der Waals surface area (Å²) in [6, 6.07) is 12.6. The molecule has 2 aromatic carbocycles. The summed E-state index contributed by atoms with van der Waals surface area (Å²) in [5, 5.41) is 11.4. The highest BCUT2D eigenvalue weighted by Crippen LogP contribution is 2.20. The van der Waals surface area contributed by atoms with Gasteiger partial charge in [0, 0.05) is 17.3 Å². The molecular weight excluding hydrogens is 330 g/mol. The molecule has 7 heteroatoms. The fourth-order valence-electron chi connectivity index (χ4n) is 3.21. The van der Waals surface area contributed by atoms with Gasteiger partial charge < -0.3 is 16.4 Å². The summed E-state index contributed by atoms with van der Waals surface area (Å²) in [4.78, 5) is 23.7. The highest BCUT2D eigenvalue weighted by molar-refractivity contribution is 6.04. The standard InChI is InChI=1S/C19H19N5O2/c20-18(25)15-4-1-3-12-11-24(23-17(12)15)14-8-6-13(7-9-14)22-19(26)16-5-2-10-21-16/h1,3-4,6-9,11,16,21H,2,5,10H2,(H2,20,25)(H,22,26)/t16-/m0/s1. The fourth-order valence-corrected chi connectivity index (χ4v) is 3.21. The second-order valence-electron chi connectivity index (χ2n) is 6.37. The van der Waals surface area contributed by atoms with Gasteiger partial charge in [0.25, 0.3) is 5.91 Å². The van der Waals surface area contributed by atoms with E-state index in [0.717, 1.165) is 36.1 Å². The predicted octanol–water partition coefficient (Wildman–Crippen LogP) is 1.81. The monoisotopic (exact) mass is 349 g/mol. The van der Waals surface area contributed by atoms with Gasteiger partial charge in [-0.05, 0) is 49.7 Å². The van der Waals surface area contributed by atoms with Crippen LogP contribution < -0.4 is 16.4 Å². The van der Waals surface area contributed by atoms with Gasteiger partial charge in [-0.15, -0.1) is 0 Å². The molecule has 0 saturated carbocycles. The molecule has 7 nitrogen and oxygen atoms in total. The minimum atomic E-state index is -0.501. The Kier molecular flexibility index (Phi) is 4.14. The van der Waals surface area contributed by atoms with Crippen LogP contribution in [0, 0.1) is 0 Å². The lowest BCUT2D eigenvalue weighted by molar-refractivity contribution is -0.117. The minimum absolute atomic E-state index is 0.00817. The number of nitrogens with two attached hydrogens (primary N) is 1. The maximum atomic E-state index is 12.2. The Morgan fingerprint density at radius 1 is 1.19 bits per heavy atom. The van der Waals surface area contributed by atoms with E-state index in [-0.39, 0.29) is 11.9 Å². The lowest BCUT2D eigenvalue weighted by Gasteiger charge is -2.11. The van der Waals surface area contributed by atoms with Gasteiger partial charge in [-0.25, -0.2) is 4.68 Å². The van der Waals surface area contributed by atoms with E-state index in [1.165, 1.54) is 0 Å². The van der Waals surface area contributed by atoms with Gasteiger partial charge in [0.15, 0.2) is 0 Å².